The van der Waals surface area contributed by atoms with Crippen LogP contribution >= 0.6 is 0 Å². The van der Waals surface area contributed by atoms with Crippen LogP contribution in [-0.2, 0) is 13.1 Å². The van der Waals surface area contributed by atoms with Gasteiger partial charge in [0.2, 0.25) is 5.88 Å². The van der Waals surface area contributed by atoms with Crippen molar-refractivity contribution >= 4 is 0 Å². The van der Waals surface area contributed by atoms with Gasteiger partial charge < -0.3 is 19.8 Å². The summed E-state index contributed by atoms with van der Waals surface area (Å²) in [6.45, 7) is 4.00. The predicted molar refractivity (Wildman–Crippen MR) is 95.7 cm³/mol. The summed E-state index contributed by atoms with van der Waals surface area (Å²) in [7, 11) is 0. The van der Waals surface area contributed by atoms with Gasteiger partial charge in [0.25, 0.3) is 0 Å². The lowest BCUT2D eigenvalue weighted by Crippen LogP contribution is -2.14. The molecule has 0 spiro atoms. The number of pyridine rings is 1. The van der Waals surface area contributed by atoms with Crippen molar-refractivity contribution in [3.8, 4) is 17.4 Å². The summed E-state index contributed by atoms with van der Waals surface area (Å²) in [5, 5.41) is 3.33. The summed E-state index contributed by atoms with van der Waals surface area (Å²) in [6, 6.07) is 11.5. The van der Waals surface area contributed by atoms with E-state index in [-0.39, 0.29) is 0 Å². The van der Waals surface area contributed by atoms with Crippen molar-refractivity contribution in [3.05, 3.63) is 66.4 Å². The van der Waals surface area contributed by atoms with Gasteiger partial charge in [-0.2, -0.15) is 0 Å². The minimum atomic E-state index is 0.571. The summed E-state index contributed by atoms with van der Waals surface area (Å²) in [5.74, 6) is 2.86. The third-order valence-corrected chi connectivity index (χ3v) is 3.53. The number of nitrogens with one attached hydrogen (secondary N) is 2. The van der Waals surface area contributed by atoms with Crippen LogP contribution in [0, 0.1) is 0 Å². The van der Waals surface area contributed by atoms with E-state index in [4.69, 9.17) is 9.47 Å². The summed E-state index contributed by atoms with van der Waals surface area (Å²) >= 11 is 0. The fraction of sp³-hybridized carbons (Fsp3) is 0.263. The maximum absolute atomic E-state index is 6.03. The number of H-pyrrole nitrogens is 1. The van der Waals surface area contributed by atoms with E-state index in [0.717, 1.165) is 23.6 Å². The van der Waals surface area contributed by atoms with Crippen molar-refractivity contribution in [2.45, 2.75) is 26.4 Å². The lowest BCUT2D eigenvalue weighted by molar-refractivity contribution is 0.300. The molecule has 0 unspecified atom stereocenters. The molecule has 0 bridgehead atoms. The van der Waals surface area contributed by atoms with Gasteiger partial charge in [0, 0.05) is 30.7 Å². The highest BCUT2D eigenvalue weighted by molar-refractivity contribution is 5.42. The van der Waals surface area contributed by atoms with Gasteiger partial charge in [-0.3, -0.25) is 0 Å². The maximum Gasteiger partial charge on any atom is 0.223 e. The number of nitrogens with zero attached hydrogens (tertiary/aromatic N) is 2. The van der Waals surface area contributed by atoms with E-state index in [9.17, 15) is 0 Å². The van der Waals surface area contributed by atoms with Gasteiger partial charge in [-0.05, 0) is 24.6 Å². The molecule has 3 rings (SSSR count). The zero-order chi connectivity index (χ0) is 17.3. The monoisotopic (exact) mass is 338 g/mol. The van der Waals surface area contributed by atoms with Gasteiger partial charge in [0.15, 0.2) is 11.5 Å². The van der Waals surface area contributed by atoms with Crippen LogP contribution in [0.15, 0.2) is 55.0 Å². The van der Waals surface area contributed by atoms with Gasteiger partial charge in [-0.25, -0.2) is 9.97 Å². The van der Waals surface area contributed by atoms with Crippen molar-refractivity contribution in [2.75, 3.05) is 6.61 Å². The quantitative estimate of drug-likeness (QED) is 0.623. The fourth-order valence-corrected chi connectivity index (χ4v) is 2.33. The van der Waals surface area contributed by atoms with Crippen LogP contribution in [0.3, 0.4) is 0 Å². The Hall–Kier alpha value is -2.86. The highest BCUT2D eigenvalue weighted by Crippen LogP contribution is 2.31. The molecule has 0 saturated heterocycles. The van der Waals surface area contributed by atoms with Gasteiger partial charge >= 0.3 is 0 Å². The van der Waals surface area contributed by atoms with Gasteiger partial charge in [0.05, 0.1) is 13.2 Å². The number of benzene rings is 1. The molecule has 3 aromatic rings. The molecule has 0 saturated carbocycles. The molecule has 2 N–H and O–H groups in total. The van der Waals surface area contributed by atoms with Crippen LogP contribution in [0.4, 0.5) is 0 Å². The first-order chi connectivity index (χ1) is 12.4. The molecule has 0 amide bonds. The molecule has 25 heavy (non-hydrogen) atoms. The average molecular weight is 338 g/mol. The number of para-hydroxylation sites is 2. The third kappa shape index (κ3) is 4.81. The molecule has 0 atom stereocenters. The molecular formula is C19H22N4O2. The standard InChI is InChI=1S/C19H22N4O2/c1-2-12-24-16-7-3-4-8-17(16)25-19-15(6-5-9-23-19)13-20-14-18-21-10-11-22-18/h3-11,20H,2,12-14H2,1H3,(H,21,22). The number of rotatable bonds is 9. The highest BCUT2D eigenvalue weighted by atomic mass is 16.5. The Morgan fingerprint density at radius 2 is 1.88 bits per heavy atom. The zero-order valence-electron chi connectivity index (χ0n) is 14.2. The number of imidazole rings is 1. The molecule has 1 aromatic carbocycles. The van der Waals surface area contributed by atoms with Gasteiger partial charge in [-0.15, -0.1) is 0 Å². The Bertz CT molecular complexity index is 775. The summed E-state index contributed by atoms with van der Waals surface area (Å²) in [6.07, 6.45) is 6.21. The van der Waals surface area contributed by atoms with Crippen LogP contribution in [0.25, 0.3) is 0 Å². The number of aromatic nitrogens is 3. The van der Waals surface area contributed by atoms with Crippen LogP contribution in [0.1, 0.15) is 24.7 Å². The van der Waals surface area contributed by atoms with E-state index < -0.39 is 0 Å². The van der Waals surface area contributed by atoms with E-state index >= 15 is 0 Å². The van der Waals surface area contributed by atoms with Crippen molar-refractivity contribution in [3.63, 3.8) is 0 Å². The minimum absolute atomic E-state index is 0.571. The number of hydrogen-bond donors (Lipinski definition) is 2. The van der Waals surface area contributed by atoms with Crippen LogP contribution in [0.2, 0.25) is 0 Å². The largest absolute Gasteiger partial charge is 0.490 e. The topological polar surface area (TPSA) is 72.1 Å². The predicted octanol–water partition coefficient (Wildman–Crippen LogP) is 3.68. The molecule has 0 fully saturated rings. The van der Waals surface area contributed by atoms with Crippen molar-refractivity contribution in [1.82, 2.24) is 20.3 Å². The van der Waals surface area contributed by atoms with E-state index in [1.54, 1.807) is 12.4 Å². The van der Waals surface area contributed by atoms with Crippen molar-refractivity contribution in [2.24, 2.45) is 0 Å². The van der Waals surface area contributed by atoms with E-state index in [1.807, 2.05) is 42.6 Å². The fourth-order valence-electron chi connectivity index (χ4n) is 2.33. The Morgan fingerprint density at radius 3 is 2.68 bits per heavy atom. The second kappa shape index (κ2) is 8.84. The SMILES string of the molecule is CCCOc1ccccc1Oc1ncccc1CNCc1ncc[nH]1. The maximum atomic E-state index is 6.03. The number of ether oxygens (including phenoxy) is 2. The second-order valence-corrected chi connectivity index (χ2v) is 5.50. The molecule has 0 radical (unpaired) electrons. The van der Waals surface area contributed by atoms with Crippen LogP contribution in [-0.4, -0.2) is 21.6 Å². The van der Waals surface area contributed by atoms with E-state index in [2.05, 4.69) is 27.2 Å². The Labute approximate surface area is 147 Å². The molecule has 6 heteroatoms. The number of aromatic amines is 1. The summed E-state index contributed by atoms with van der Waals surface area (Å²) in [5.41, 5.74) is 0.972. The van der Waals surface area contributed by atoms with E-state index in [0.29, 0.717) is 31.3 Å². The summed E-state index contributed by atoms with van der Waals surface area (Å²) in [4.78, 5) is 11.6. The summed E-state index contributed by atoms with van der Waals surface area (Å²) < 4.78 is 11.8. The van der Waals surface area contributed by atoms with Gasteiger partial charge in [0.1, 0.15) is 5.82 Å². The smallest absolute Gasteiger partial charge is 0.223 e. The first kappa shape index (κ1) is 17.0. The average Bonchev–Trinajstić information content (AvgIpc) is 3.16. The first-order valence-electron chi connectivity index (χ1n) is 8.39. The Kier molecular flexibility index (Phi) is 6.01. The Morgan fingerprint density at radius 1 is 1.00 bits per heavy atom. The molecule has 0 aliphatic carbocycles. The third-order valence-electron chi connectivity index (χ3n) is 3.53. The molecular weight excluding hydrogens is 316 g/mol. The lowest BCUT2D eigenvalue weighted by Gasteiger charge is -2.13. The zero-order valence-corrected chi connectivity index (χ0v) is 14.2. The molecule has 6 nitrogen and oxygen atoms in total. The lowest BCUT2D eigenvalue weighted by atomic mass is 10.2. The van der Waals surface area contributed by atoms with Crippen molar-refractivity contribution < 1.29 is 9.47 Å². The van der Waals surface area contributed by atoms with Crippen LogP contribution < -0.4 is 14.8 Å². The highest BCUT2D eigenvalue weighted by Gasteiger charge is 2.10. The molecule has 2 aromatic heterocycles. The molecule has 2 heterocycles. The normalized spacial score (nSPS) is 10.6. The van der Waals surface area contributed by atoms with E-state index in [1.165, 1.54) is 0 Å². The first-order valence-corrected chi connectivity index (χ1v) is 8.39. The second-order valence-electron chi connectivity index (χ2n) is 5.50. The Balaban J connectivity index is 1.68. The molecule has 0 aliphatic heterocycles. The van der Waals surface area contributed by atoms with Gasteiger partial charge in [-0.1, -0.05) is 25.1 Å². The van der Waals surface area contributed by atoms with Crippen LogP contribution in [0.5, 0.6) is 17.4 Å². The molecule has 0 aliphatic rings. The number of hydrogen-bond acceptors (Lipinski definition) is 5. The minimum Gasteiger partial charge on any atom is -0.490 e. The molecule has 130 valence electrons. The van der Waals surface area contributed by atoms with Crippen molar-refractivity contribution in [1.29, 1.82) is 0 Å².